The van der Waals surface area contributed by atoms with Gasteiger partial charge in [-0.25, -0.2) is 0 Å². The fourth-order valence-electron chi connectivity index (χ4n) is 2.60. The van der Waals surface area contributed by atoms with E-state index in [0.29, 0.717) is 5.92 Å². The van der Waals surface area contributed by atoms with Crippen LogP contribution in [0.15, 0.2) is 17.7 Å². The fourth-order valence-corrected chi connectivity index (χ4v) is 3.42. The summed E-state index contributed by atoms with van der Waals surface area (Å²) in [5, 5.41) is 12.2. The minimum Gasteiger partial charge on any atom is -0.348 e. The van der Waals surface area contributed by atoms with Crippen molar-refractivity contribution in [1.29, 1.82) is 5.26 Å². The van der Waals surface area contributed by atoms with E-state index in [1.807, 2.05) is 25.1 Å². The molecule has 1 amide bonds. The summed E-state index contributed by atoms with van der Waals surface area (Å²) in [4.78, 5) is 14.3. The molecule has 0 spiro atoms. The summed E-state index contributed by atoms with van der Waals surface area (Å²) in [5.74, 6) is 0.258. The number of amides is 1. The summed E-state index contributed by atoms with van der Waals surface area (Å²) in [7, 11) is 0. The molecule has 0 unspecified atom stereocenters. The third-order valence-electron chi connectivity index (χ3n) is 3.84. The number of hydrogen-bond acceptors (Lipinski definition) is 3. The van der Waals surface area contributed by atoms with E-state index in [9.17, 15) is 10.1 Å². The molecular weight excluding hydrogens is 268 g/mol. The molecule has 1 aliphatic carbocycles. The first kappa shape index (κ1) is 14.8. The Morgan fingerprint density at radius 2 is 2.20 bits per heavy atom. The quantitative estimate of drug-likeness (QED) is 0.681. The summed E-state index contributed by atoms with van der Waals surface area (Å²) in [6.07, 6.45) is 6.25. The molecule has 106 valence electrons. The topological polar surface area (TPSA) is 52.9 Å². The minimum atomic E-state index is -0.239. The summed E-state index contributed by atoms with van der Waals surface area (Å²) < 4.78 is 0. The lowest BCUT2D eigenvalue weighted by Crippen LogP contribution is -2.41. The van der Waals surface area contributed by atoms with Crippen LogP contribution in [0.1, 0.15) is 42.4 Å². The van der Waals surface area contributed by atoms with Crippen molar-refractivity contribution in [1.82, 2.24) is 5.32 Å². The number of nitrogens with one attached hydrogen (secondary N) is 1. The van der Waals surface area contributed by atoms with E-state index in [4.69, 9.17) is 0 Å². The zero-order valence-corrected chi connectivity index (χ0v) is 12.8. The number of nitriles is 1. The first-order valence-corrected chi connectivity index (χ1v) is 7.91. The van der Waals surface area contributed by atoms with Gasteiger partial charge in [-0.3, -0.25) is 4.79 Å². The van der Waals surface area contributed by atoms with Crippen molar-refractivity contribution >= 4 is 23.3 Å². The minimum absolute atomic E-state index is 0.199. The molecule has 1 fully saturated rings. The standard InChI is InChI=1S/C16H20N2OS/c1-11-5-3-4-6-15(11)18-16(19)13(10-17)9-14-8-7-12(2)20-14/h7-9,11,15H,3-6H2,1-2H3,(H,18,19)/b13-9+/t11-,15-/m0/s1. The van der Waals surface area contributed by atoms with Crippen molar-refractivity contribution in [3.63, 3.8) is 0 Å². The van der Waals surface area contributed by atoms with Crippen molar-refractivity contribution in [2.45, 2.75) is 45.6 Å². The normalized spacial score (nSPS) is 23.1. The zero-order chi connectivity index (χ0) is 14.5. The second-order valence-electron chi connectivity index (χ2n) is 5.46. The SMILES string of the molecule is Cc1ccc(/C=C(\C#N)C(=O)N[C@H]2CCCC[C@@H]2C)s1. The molecule has 1 aromatic rings. The number of aryl methyl sites for hydroxylation is 1. The van der Waals surface area contributed by atoms with Gasteiger partial charge in [-0.15, -0.1) is 11.3 Å². The average molecular weight is 288 g/mol. The average Bonchev–Trinajstić information content (AvgIpc) is 2.84. The third-order valence-corrected chi connectivity index (χ3v) is 4.79. The Morgan fingerprint density at radius 1 is 1.45 bits per heavy atom. The van der Waals surface area contributed by atoms with Gasteiger partial charge in [0.25, 0.3) is 5.91 Å². The van der Waals surface area contributed by atoms with Gasteiger partial charge in [-0.1, -0.05) is 19.8 Å². The summed E-state index contributed by atoms with van der Waals surface area (Å²) in [6.45, 7) is 4.18. The van der Waals surface area contributed by atoms with Gasteiger partial charge in [0.15, 0.2) is 0 Å². The van der Waals surface area contributed by atoms with E-state index < -0.39 is 0 Å². The molecule has 4 heteroatoms. The van der Waals surface area contributed by atoms with Crippen LogP contribution in [0.3, 0.4) is 0 Å². The van der Waals surface area contributed by atoms with E-state index in [0.717, 1.165) is 24.1 Å². The van der Waals surface area contributed by atoms with Crippen LogP contribution >= 0.6 is 11.3 Å². The number of thiophene rings is 1. The molecule has 0 aromatic carbocycles. The fraction of sp³-hybridized carbons (Fsp3) is 0.500. The Morgan fingerprint density at radius 3 is 2.80 bits per heavy atom. The lowest BCUT2D eigenvalue weighted by Gasteiger charge is -2.29. The largest absolute Gasteiger partial charge is 0.348 e. The molecule has 2 atom stereocenters. The Balaban J connectivity index is 2.06. The van der Waals surface area contributed by atoms with E-state index in [-0.39, 0.29) is 17.5 Å². The summed E-state index contributed by atoms with van der Waals surface area (Å²) >= 11 is 1.59. The molecular formula is C16H20N2OS. The lowest BCUT2D eigenvalue weighted by molar-refractivity contribution is -0.118. The van der Waals surface area contributed by atoms with Crippen molar-refractivity contribution in [2.24, 2.45) is 5.92 Å². The van der Waals surface area contributed by atoms with Gasteiger partial charge in [0, 0.05) is 15.8 Å². The van der Waals surface area contributed by atoms with E-state index in [1.54, 1.807) is 17.4 Å². The van der Waals surface area contributed by atoms with E-state index in [1.165, 1.54) is 11.3 Å². The predicted molar refractivity (Wildman–Crippen MR) is 82.2 cm³/mol. The molecule has 0 bridgehead atoms. The van der Waals surface area contributed by atoms with Gasteiger partial charge in [-0.2, -0.15) is 5.26 Å². The van der Waals surface area contributed by atoms with E-state index >= 15 is 0 Å². The second kappa shape index (κ2) is 6.71. The molecule has 0 saturated heterocycles. The highest BCUT2D eigenvalue weighted by Gasteiger charge is 2.24. The number of nitrogens with zero attached hydrogens (tertiary/aromatic N) is 1. The van der Waals surface area contributed by atoms with Crippen molar-refractivity contribution in [2.75, 3.05) is 0 Å². The Hall–Kier alpha value is -1.60. The number of carbonyl (C=O) groups excluding carboxylic acids is 1. The summed E-state index contributed by atoms with van der Waals surface area (Å²) in [6, 6.07) is 6.16. The number of hydrogen-bond donors (Lipinski definition) is 1. The van der Waals surface area contributed by atoms with Gasteiger partial charge >= 0.3 is 0 Å². The van der Waals surface area contributed by atoms with Crippen LogP contribution < -0.4 is 5.32 Å². The molecule has 1 aromatic heterocycles. The highest BCUT2D eigenvalue weighted by atomic mass is 32.1. The van der Waals surface area contributed by atoms with Crippen LogP contribution in [0.25, 0.3) is 6.08 Å². The number of carbonyl (C=O) groups is 1. The molecule has 2 rings (SSSR count). The monoisotopic (exact) mass is 288 g/mol. The molecule has 3 nitrogen and oxygen atoms in total. The zero-order valence-electron chi connectivity index (χ0n) is 12.0. The Bertz CT molecular complexity index is 553. The second-order valence-corrected chi connectivity index (χ2v) is 6.78. The maximum atomic E-state index is 12.2. The van der Waals surface area contributed by atoms with Crippen LogP contribution in [-0.2, 0) is 4.79 Å². The van der Waals surface area contributed by atoms with Gasteiger partial charge in [0.1, 0.15) is 11.6 Å². The predicted octanol–water partition coefficient (Wildman–Crippen LogP) is 3.66. The third kappa shape index (κ3) is 3.71. The van der Waals surface area contributed by atoms with Gasteiger partial charge in [-0.05, 0) is 43.9 Å². The van der Waals surface area contributed by atoms with Crippen LogP contribution in [0.4, 0.5) is 0 Å². The lowest BCUT2D eigenvalue weighted by atomic mass is 9.86. The first-order valence-electron chi connectivity index (χ1n) is 7.09. The molecule has 1 N–H and O–H groups in total. The maximum absolute atomic E-state index is 12.2. The molecule has 0 aliphatic heterocycles. The Kier molecular flexibility index (Phi) is 4.97. The Labute approximate surface area is 124 Å². The van der Waals surface area contributed by atoms with Gasteiger partial charge in [0.2, 0.25) is 0 Å². The van der Waals surface area contributed by atoms with Crippen molar-refractivity contribution < 1.29 is 4.79 Å². The highest BCUT2D eigenvalue weighted by molar-refractivity contribution is 7.12. The van der Waals surface area contributed by atoms with Crippen LogP contribution in [-0.4, -0.2) is 11.9 Å². The van der Waals surface area contributed by atoms with Crippen molar-refractivity contribution in [3.05, 3.63) is 27.5 Å². The molecule has 0 radical (unpaired) electrons. The maximum Gasteiger partial charge on any atom is 0.262 e. The van der Waals surface area contributed by atoms with Crippen LogP contribution in [0.5, 0.6) is 0 Å². The van der Waals surface area contributed by atoms with E-state index in [2.05, 4.69) is 12.2 Å². The molecule has 1 aliphatic rings. The van der Waals surface area contributed by atoms with Gasteiger partial charge < -0.3 is 5.32 Å². The number of rotatable bonds is 3. The van der Waals surface area contributed by atoms with Crippen LogP contribution in [0.2, 0.25) is 0 Å². The van der Waals surface area contributed by atoms with Crippen molar-refractivity contribution in [3.8, 4) is 6.07 Å². The van der Waals surface area contributed by atoms with Crippen LogP contribution in [0, 0.1) is 24.2 Å². The summed E-state index contributed by atoms with van der Waals surface area (Å²) in [5.41, 5.74) is 0.199. The highest BCUT2D eigenvalue weighted by Crippen LogP contribution is 2.24. The smallest absolute Gasteiger partial charge is 0.262 e. The first-order chi connectivity index (χ1) is 9.60. The molecule has 1 heterocycles. The van der Waals surface area contributed by atoms with Gasteiger partial charge in [0.05, 0.1) is 0 Å². The molecule has 1 saturated carbocycles. The molecule has 20 heavy (non-hydrogen) atoms.